The number of aromatic nitrogens is 1. The van der Waals surface area contributed by atoms with Gasteiger partial charge < -0.3 is 9.42 Å². The second kappa shape index (κ2) is 6.30. The largest absolute Gasteiger partial charge is 0.361 e. The maximum atomic E-state index is 13.8. The highest BCUT2D eigenvalue weighted by molar-refractivity contribution is 5.94. The average Bonchev–Trinajstić information content (AvgIpc) is 3.16. The molecule has 0 unspecified atom stereocenters. The summed E-state index contributed by atoms with van der Waals surface area (Å²) in [7, 11) is 0. The van der Waals surface area contributed by atoms with Crippen LogP contribution in [0.4, 0.5) is 4.39 Å². The molecule has 0 N–H and O–H groups in total. The summed E-state index contributed by atoms with van der Waals surface area (Å²) in [5.41, 5.74) is 0.886. The summed E-state index contributed by atoms with van der Waals surface area (Å²) < 4.78 is 19.2. The van der Waals surface area contributed by atoms with E-state index < -0.39 is 5.82 Å². The van der Waals surface area contributed by atoms with Crippen molar-refractivity contribution in [3.63, 3.8) is 0 Å². The average molecular weight is 302 g/mol. The highest BCUT2D eigenvalue weighted by Crippen LogP contribution is 2.33. The summed E-state index contributed by atoms with van der Waals surface area (Å²) >= 11 is 0. The van der Waals surface area contributed by atoms with Gasteiger partial charge in [-0.05, 0) is 31.4 Å². The summed E-state index contributed by atoms with van der Waals surface area (Å²) in [6.45, 7) is 2.69. The molecule has 1 fully saturated rings. The van der Waals surface area contributed by atoms with Gasteiger partial charge in [0, 0.05) is 19.0 Å². The minimum Gasteiger partial charge on any atom is -0.361 e. The van der Waals surface area contributed by atoms with Crippen LogP contribution in [-0.4, -0.2) is 22.5 Å². The Morgan fingerprint density at radius 2 is 2.27 bits per heavy atom. The van der Waals surface area contributed by atoms with Gasteiger partial charge in [0.1, 0.15) is 17.3 Å². The van der Waals surface area contributed by atoms with Crippen LogP contribution in [0.2, 0.25) is 0 Å². The van der Waals surface area contributed by atoms with Crippen LogP contribution in [0.15, 0.2) is 34.9 Å². The number of aryl methyl sites for hydroxylation is 1. The third-order valence-corrected chi connectivity index (χ3v) is 4.03. The molecule has 3 rings (SSSR count). The van der Waals surface area contributed by atoms with Crippen LogP contribution in [0.3, 0.4) is 0 Å². The first kappa shape index (κ1) is 14.8. The van der Waals surface area contributed by atoms with E-state index in [0.717, 1.165) is 37.1 Å². The van der Waals surface area contributed by atoms with E-state index in [9.17, 15) is 9.18 Å². The van der Waals surface area contributed by atoms with Gasteiger partial charge in [-0.15, -0.1) is 0 Å². The lowest BCUT2D eigenvalue weighted by Gasteiger charge is -2.23. The Balaban J connectivity index is 1.83. The maximum absolute atomic E-state index is 13.8. The predicted octanol–water partition coefficient (Wildman–Crippen LogP) is 3.74. The molecule has 0 radical (unpaired) electrons. The lowest BCUT2D eigenvalue weighted by molar-refractivity contribution is 0.0726. The predicted molar refractivity (Wildman–Crippen MR) is 79.9 cm³/mol. The Kier molecular flexibility index (Phi) is 4.22. The molecule has 1 saturated heterocycles. The zero-order valence-corrected chi connectivity index (χ0v) is 12.6. The molecule has 0 bridgehead atoms. The van der Waals surface area contributed by atoms with Crippen LogP contribution >= 0.6 is 0 Å². The second-order valence-corrected chi connectivity index (χ2v) is 5.60. The zero-order chi connectivity index (χ0) is 15.5. The van der Waals surface area contributed by atoms with E-state index in [-0.39, 0.29) is 17.5 Å². The van der Waals surface area contributed by atoms with Crippen molar-refractivity contribution in [2.75, 3.05) is 6.54 Å². The van der Waals surface area contributed by atoms with Gasteiger partial charge in [0.25, 0.3) is 5.91 Å². The second-order valence-electron chi connectivity index (χ2n) is 5.60. The van der Waals surface area contributed by atoms with E-state index >= 15 is 0 Å². The number of benzene rings is 1. The number of rotatable bonds is 4. The molecule has 0 saturated carbocycles. The molecule has 1 atom stereocenters. The third-order valence-electron chi connectivity index (χ3n) is 4.03. The molecule has 116 valence electrons. The van der Waals surface area contributed by atoms with Gasteiger partial charge in [-0.2, -0.15) is 0 Å². The molecule has 2 heterocycles. The maximum Gasteiger partial charge on any atom is 0.257 e. The van der Waals surface area contributed by atoms with Crippen molar-refractivity contribution in [2.24, 2.45) is 0 Å². The van der Waals surface area contributed by atoms with Gasteiger partial charge in [-0.3, -0.25) is 4.79 Å². The lowest BCUT2D eigenvalue weighted by atomic mass is 10.1. The van der Waals surface area contributed by atoms with E-state index in [4.69, 9.17) is 4.52 Å². The highest BCUT2D eigenvalue weighted by atomic mass is 19.1. The van der Waals surface area contributed by atoms with Crippen LogP contribution in [-0.2, 0) is 6.42 Å². The fraction of sp³-hybridized carbons (Fsp3) is 0.412. The molecule has 4 nitrogen and oxygen atoms in total. The molecular formula is C17H19FN2O2. The van der Waals surface area contributed by atoms with Crippen molar-refractivity contribution in [2.45, 2.75) is 38.6 Å². The Bertz CT molecular complexity index is 668. The summed E-state index contributed by atoms with van der Waals surface area (Å²) in [6, 6.07) is 7.90. The molecule has 1 amide bonds. The molecule has 2 aromatic rings. The van der Waals surface area contributed by atoms with Crippen LogP contribution in [0.1, 0.15) is 54.0 Å². The van der Waals surface area contributed by atoms with Crippen molar-refractivity contribution in [3.05, 3.63) is 53.2 Å². The zero-order valence-electron chi connectivity index (χ0n) is 12.6. The first-order chi connectivity index (χ1) is 10.7. The highest BCUT2D eigenvalue weighted by Gasteiger charge is 2.33. The lowest BCUT2D eigenvalue weighted by Crippen LogP contribution is -2.31. The van der Waals surface area contributed by atoms with Crippen LogP contribution in [0, 0.1) is 5.82 Å². The molecule has 22 heavy (non-hydrogen) atoms. The van der Waals surface area contributed by atoms with Gasteiger partial charge >= 0.3 is 0 Å². The minimum atomic E-state index is -0.482. The fourth-order valence-electron chi connectivity index (χ4n) is 2.96. The number of carbonyl (C=O) groups is 1. The van der Waals surface area contributed by atoms with Crippen LogP contribution in [0.5, 0.6) is 0 Å². The Morgan fingerprint density at radius 1 is 1.45 bits per heavy atom. The van der Waals surface area contributed by atoms with Gasteiger partial charge in [-0.1, -0.05) is 24.2 Å². The summed E-state index contributed by atoms with van der Waals surface area (Å²) in [5, 5.41) is 4.10. The first-order valence-corrected chi connectivity index (χ1v) is 7.71. The number of nitrogens with zero attached hydrogens (tertiary/aromatic N) is 2. The van der Waals surface area contributed by atoms with Crippen molar-refractivity contribution in [1.29, 1.82) is 0 Å². The normalized spacial score (nSPS) is 17.9. The van der Waals surface area contributed by atoms with Crippen LogP contribution in [0.25, 0.3) is 0 Å². The van der Waals surface area contributed by atoms with Gasteiger partial charge in [0.2, 0.25) is 0 Å². The van der Waals surface area contributed by atoms with Crippen molar-refractivity contribution in [3.8, 4) is 0 Å². The number of hydrogen-bond donors (Lipinski definition) is 0. The Hall–Kier alpha value is -2.17. The SMILES string of the molecule is CCCc1cc([C@@H]2CCCN2C(=O)c2ccccc2F)no1. The number of amides is 1. The van der Waals surface area contributed by atoms with Gasteiger partial charge in [0.05, 0.1) is 11.6 Å². The monoisotopic (exact) mass is 302 g/mol. The number of halogens is 1. The number of likely N-dealkylation sites (tertiary alicyclic amines) is 1. The third kappa shape index (κ3) is 2.75. The molecule has 5 heteroatoms. The first-order valence-electron chi connectivity index (χ1n) is 7.71. The fourth-order valence-corrected chi connectivity index (χ4v) is 2.96. The minimum absolute atomic E-state index is 0.117. The molecular weight excluding hydrogens is 283 g/mol. The van der Waals surface area contributed by atoms with Crippen molar-refractivity contribution in [1.82, 2.24) is 10.1 Å². The topological polar surface area (TPSA) is 46.3 Å². The summed E-state index contributed by atoms with van der Waals surface area (Å²) in [4.78, 5) is 14.3. The number of hydrogen-bond acceptors (Lipinski definition) is 3. The van der Waals surface area contributed by atoms with E-state index in [1.807, 2.05) is 6.07 Å². The molecule has 1 aliphatic heterocycles. The molecule has 1 aromatic carbocycles. The van der Waals surface area contributed by atoms with Crippen molar-refractivity contribution < 1.29 is 13.7 Å². The molecule has 1 aromatic heterocycles. The molecule has 1 aliphatic rings. The molecule has 0 aliphatic carbocycles. The summed E-state index contributed by atoms with van der Waals surface area (Å²) in [6.07, 6.45) is 3.54. The van der Waals surface area contributed by atoms with Crippen molar-refractivity contribution >= 4 is 5.91 Å². The van der Waals surface area contributed by atoms with E-state index in [1.54, 1.807) is 17.0 Å². The van der Waals surface area contributed by atoms with Gasteiger partial charge in [-0.25, -0.2) is 4.39 Å². The smallest absolute Gasteiger partial charge is 0.257 e. The standard InChI is InChI=1S/C17H19FN2O2/c1-2-6-12-11-15(19-22-12)16-9-5-10-20(16)17(21)13-7-3-4-8-14(13)18/h3-4,7-8,11,16H,2,5-6,9-10H2,1H3/t16-/m0/s1. The van der Waals surface area contributed by atoms with E-state index in [2.05, 4.69) is 12.1 Å². The number of carbonyl (C=O) groups excluding carboxylic acids is 1. The molecule has 0 spiro atoms. The Labute approximate surface area is 128 Å². The van der Waals surface area contributed by atoms with E-state index in [0.29, 0.717) is 6.54 Å². The van der Waals surface area contributed by atoms with E-state index in [1.165, 1.54) is 12.1 Å². The van der Waals surface area contributed by atoms with Crippen LogP contribution < -0.4 is 0 Å². The quantitative estimate of drug-likeness (QED) is 0.864. The Morgan fingerprint density at radius 3 is 3.05 bits per heavy atom. The summed E-state index contributed by atoms with van der Waals surface area (Å²) in [5.74, 6) is 0.0771. The van der Waals surface area contributed by atoms with Gasteiger partial charge in [0.15, 0.2) is 0 Å².